The van der Waals surface area contributed by atoms with Gasteiger partial charge in [0.2, 0.25) is 5.91 Å². The van der Waals surface area contributed by atoms with Gasteiger partial charge in [0.1, 0.15) is 5.82 Å². The Kier molecular flexibility index (Phi) is 8.61. The summed E-state index contributed by atoms with van der Waals surface area (Å²) in [5, 5.41) is 2.81. The van der Waals surface area contributed by atoms with Gasteiger partial charge in [0.15, 0.2) is 0 Å². The third-order valence-electron chi connectivity index (χ3n) is 8.41. The fourth-order valence-electron chi connectivity index (χ4n) is 5.98. The number of carbonyl (C=O) groups excluding carboxylic acids is 2. The van der Waals surface area contributed by atoms with E-state index in [1.165, 1.54) is 26.1 Å². The molecule has 5 nitrogen and oxygen atoms in total. The van der Waals surface area contributed by atoms with E-state index in [0.29, 0.717) is 49.1 Å². The van der Waals surface area contributed by atoms with E-state index in [1.54, 1.807) is 17.9 Å². The van der Waals surface area contributed by atoms with Crippen LogP contribution in [-0.2, 0) is 17.1 Å². The molecule has 41 heavy (non-hydrogen) atoms. The van der Waals surface area contributed by atoms with Crippen LogP contribution in [0.1, 0.15) is 72.5 Å². The predicted octanol–water partition coefficient (Wildman–Crippen LogP) is 7.26. The average molecular weight is 588 g/mol. The highest BCUT2D eigenvalue weighted by Crippen LogP contribution is 2.43. The summed E-state index contributed by atoms with van der Waals surface area (Å²) in [6, 6.07) is 3.34. The zero-order chi connectivity index (χ0) is 30.3. The molecule has 2 aromatic rings. The lowest BCUT2D eigenvalue weighted by Crippen LogP contribution is -2.49. The highest BCUT2D eigenvalue weighted by atomic mass is 19.4. The lowest BCUT2D eigenvalue weighted by molar-refractivity contribution is -0.143. The number of alkyl halides is 6. The lowest BCUT2D eigenvalue weighted by Gasteiger charge is -2.45. The molecule has 0 aromatic heterocycles. The molecule has 1 unspecified atom stereocenters. The van der Waals surface area contributed by atoms with Gasteiger partial charge in [-0.2, -0.15) is 26.3 Å². The molecule has 4 rings (SSSR count). The fraction of sp³-hybridized carbons (Fsp3) is 0.517. The van der Waals surface area contributed by atoms with Crippen molar-refractivity contribution in [3.05, 3.63) is 70.0 Å². The Bertz CT molecular complexity index is 1260. The Balaban J connectivity index is 1.65. The summed E-state index contributed by atoms with van der Waals surface area (Å²) in [4.78, 5) is 28.6. The highest BCUT2D eigenvalue weighted by molar-refractivity contribution is 5.77. The lowest BCUT2D eigenvalue weighted by atomic mass is 9.75. The Morgan fingerprint density at radius 3 is 2.20 bits per heavy atom. The molecule has 2 aliphatic heterocycles. The van der Waals surface area contributed by atoms with E-state index >= 15 is 0 Å². The molecule has 0 bridgehead atoms. The summed E-state index contributed by atoms with van der Waals surface area (Å²) in [5.41, 5.74) is -1.90. The van der Waals surface area contributed by atoms with Crippen molar-refractivity contribution >= 4 is 11.9 Å². The van der Waals surface area contributed by atoms with Crippen LogP contribution in [0.3, 0.4) is 0 Å². The van der Waals surface area contributed by atoms with Crippen LogP contribution in [0, 0.1) is 24.6 Å². The molecule has 224 valence electrons. The van der Waals surface area contributed by atoms with Crippen molar-refractivity contribution in [2.75, 3.05) is 20.1 Å². The van der Waals surface area contributed by atoms with Crippen molar-refractivity contribution in [3.63, 3.8) is 0 Å². The molecule has 0 aliphatic carbocycles. The van der Waals surface area contributed by atoms with Gasteiger partial charge >= 0.3 is 18.4 Å². The maximum Gasteiger partial charge on any atom is 0.416 e. The van der Waals surface area contributed by atoms with E-state index in [0.717, 1.165) is 11.3 Å². The van der Waals surface area contributed by atoms with Crippen molar-refractivity contribution in [3.8, 4) is 0 Å². The second-order valence-corrected chi connectivity index (χ2v) is 11.0. The van der Waals surface area contributed by atoms with E-state index in [-0.39, 0.29) is 35.9 Å². The van der Waals surface area contributed by atoms with Gasteiger partial charge in [-0.15, -0.1) is 0 Å². The Morgan fingerprint density at radius 1 is 1.00 bits per heavy atom. The van der Waals surface area contributed by atoms with Gasteiger partial charge in [0.05, 0.1) is 23.2 Å². The molecule has 2 aliphatic rings. The molecular weight excluding hydrogens is 555 g/mol. The summed E-state index contributed by atoms with van der Waals surface area (Å²) in [6.07, 6.45) is -7.82. The quantitative estimate of drug-likeness (QED) is 0.383. The first-order chi connectivity index (χ1) is 19.1. The largest absolute Gasteiger partial charge is 0.416 e. The smallest absolute Gasteiger partial charge is 0.356 e. The van der Waals surface area contributed by atoms with Crippen molar-refractivity contribution in [2.45, 2.75) is 64.0 Å². The molecule has 2 saturated heterocycles. The number of hydrogen-bond acceptors (Lipinski definition) is 2. The number of benzene rings is 2. The zero-order valence-corrected chi connectivity index (χ0v) is 22.9. The molecule has 2 aromatic carbocycles. The minimum atomic E-state index is -5.01. The molecule has 4 atom stereocenters. The van der Waals surface area contributed by atoms with Crippen LogP contribution < -0.4 is 5.32 Å². The first-order valence-corrected chi connectivity index (χ1v) is 13.4. The highest BCUT2D eigenvalue weighted by Gasteiger charge is 2.41. The summed E-state index contributed by atoms with van der Waals surface area (Å²) >= 11 is 0. The molecule has 2 heterocycles. The number of aryl methyl sites for hydroxylation is 1. The SMILES string of the molecule is Cc1cc(F)ccc1[C@H]1C[C@@H](C2CCNC(=O)C2)CCN1C(=O)N(C)[C@H](C)c1cc(C(F)(F)F)cc(C(F)(F)F)c1. The summed E-state index contributed by atoms with van der Waals surface area (Å²) in [5.74, 6) is -0.287. The maximum absolute atomic E-state index is 13.9. The van der Waals surface area contributed by atoms with Crippen LogP contribution in [0.15, 0.2) is 36.4 Å². The number of rotatable bonds is 4. The van der Waals surface area contributed by atoms with E-state index in [9.17, 15) is 40.3 Å². The molecule has 3 amide bonds. The fourth-order valence-corrected chi connectivity index (χ4v) is 5.98. The maximum atomic E-state index is 13.9. The van der Waals surface area contributed by atoms with Gasteiger partial charge in [-0.3, -0.25) is 4.79 Å². The van der Waals surface area contributed by atoms with Crippen LogP contribution in [0.5, 0.6) is 0 Å². The minimum Gasteiger partial charge on any atom is -0.356 e. The summed E-state index contributed by atoms with van der Waals surface area (Å²) in [7, 11) is 1.34. The molecule has 0 radical (unpaired) electrons. The molecule has 0 saturated carbocycles. The van der Waals surface area contributed by atoms with Crippen molar-refractivity contribution in [1.29, 1.82) is 0 Å². The van der Waals surface area contributed by atoms with E-state index < -0.39 is 47.4 Å². The second kappa shape index (κ2) is 11.5. The molecule has 1 N–H and O–H groups in total. The van der Waals surface area contributed by atoms with Crippen molar-refractivity contribution in [1.82, 2.24) is 15.1 Å². The van der Waals surface area contributed by atoms with Crippen LogP contribution in [0.25, 0.3) is 0 Å². The molecular formula is C29H32F7N3O2. The van der Waals surface area contributed by atoms with Crippen LogP contribution in [0.4, 0.5) is 35.5 Å². The van der Waals surface area contributed by atoms with E-state index in [1.807, 2.05) is 0 Å². The number of nitrogens with zero attached hydrogens (tertiary/aromatic N) is 2. The molecule has 12 heteroatoms. The van der Waals surface area contributed by atoms with Gasteiger partial charge in [-0.1, -0.05) is 6.07 Å². The van der Waals surface area contributed by atoms with Gasteiger partial charge in [-0.25, -0.2) is 9.18 Å². The number of halogens is 7. The van der Waals surface area contributed by atoms with E-state index in [2.05, 4.69) is 5.32 Å². The van der Waals surface area contributed by atoms with E-state index in [4.69, 9.17) is 0 Å². The number of urea groups is 1. The average Bonchev–Trinajstić information content (AvgIpc) is 2.90. The van der Waals surface area contributed by atoms with Gasteiger partial charge in [0.25, 0.3) is 0 Å². The Morgan fingerprint density at radius 2 is 1.63 bits per heavy atom. The molecule has 0 spiro atoms. The first kappa shape index (κ1) is 30.6. The third-order valence-corrected chi connectivity index (χ3v) is 8.41. The predicted molar refractivity (Wildman–Crippen MR) is 137 cm³/mol. The summed E-state index contributed by atoms with van der Waals surface area (Å²) < 4.78 is 94.7. The van der Waals surface area contributed by atoms with Crippen molar-refractivity contribution in [2.24, 2.45) is 11.8 Å². The van der Waals surface area contributed by atoms with Gasteiger partial charge in [-0.05, 0) is 92.0 Å². The normalized spacial score (nSPS) is 22.7. The number of amides is 3. The van der Waals surface area contributed by atoms with Crippen LogP contribution in [0.2, 0.25) is 0 Å². The van der Waals surface area contributed by atoms with Gasteiger partial charge < -0.3 is 15.1 Å². The third kappa shape index (κ3) is 6.78. The van der Waals surface area contributed by atoms with Crippen LogP contribution in [-0.4, -0.2) is 41.9 Å². The minimum absolute atomic E-state index is 0.0397. The monoisotopic (exact) mass is 587 g/mol. The zero-order valence-electron chi connectivity index (χ0n) is 22.9. The second-order valence-electron chi connectivity index (χ2n) is 11.0. The topological polar surface area (TPSA) is 52.7 Å². The number of carbonyl (C=O) groups is 2. The first-order valence-electron chi connectivity index (χ1n) is 13.4. The molecule has 2 fully saturated rings. The number of hydrogen-bond donors (Lipinski definition) is 1. The van der Waals surface area contributed by atoms with Gasteiger partial charge in [0, 0.05) is 26.6 Å². The standard InChI is InChI=1S/C29H32F7N3O2/c1-16-10-23(30)4-5-24(16)25-13-19(18-6-8-37-26(40)14-18)7-9-39(25)27(41)38(3)17(2)20-11-21(28(31,32)33)15-22(12-20)29(34,35)36/h4-5,10-12,15,17-19,25H,6-9,13-14H2,1-3H3,(H,37,40)/t17-,18?,19+,25-/m1/s1. The number of likely N-dealkylation sites (tertiary alicyclic amines) is 1. The number of piperidine rings is 2. The van der Waals surface area contributed by atoms with Crippen LogP contribution >= 0.6 is 0 Å². The Labute approximate surface area is 233 Å². The summed E-state index contributed by atoms with van der Waals surface area (Å²) in [6.45, 7) is 3.90. The van der Waals surface area contributed by atoms with Crippen molar-refractivity contribution < 1.29 is 40.3 Å². The number of nitrogens with one attached hydrogen (secondary N) is 1. The Hall–Kier alpha value is -3.31.